The van der Waals surface area contributed by atoms with Crippen molar-refractivity contribution in [3.05, 3.63) is 120 Å². The van der Waals surface area contributed by atoms with Crippen molar-refractivity contribution in [1.29, 1.82) is 0 Å². The molecule has 3 rings (SSSR count). The Balaban J connectivity index is 1.81. The number of amides is 1. The van der Waals surface area contributed by atoms with Crippen molar-refractivity contribution in [2.45, 2.75) is 25.9 Å². The van der Waals surface area contributed by atoms with E-state index >= 15 is 0 Å². The lowest BCUT2D eigenvalue weighted by Gasteiger charge is -2.24. The molecule has 0 bridgehead atoms. The van der Waals surface area contributed by atoms with E-state index in [4.69, 9.17) is 0 Å². The van der Waals surface area contributed by atoms with Crippen LogP contribution in [0.2, 0.25) is 0 Å². The Labute approximate surface area is 161 Å². The summed E-state index contributed by atoms with van der Waals surface area (Å²) >= 11 is 0. The van der Waals surface area contributed by atoms with E-state index in [1.807, 2.05) is 65.6 Å². The number of hydrogen-bond acceptors (Lipinski definition) is 1. The highest BCUT2D eigenvalue weighted by molar-refractivity contribution is 5.79. The Morgan fingerprint density at radius 1 is 0.741 bits per heavy atom. The fourth-order valence-corrected chi connectivity index (χ4v) is 3.20. The third-order valence-corrected chi connectivity index (χ3v) is 4.61. The third-order valence-electron chi connectivity index (χ3n) is 4.61. The Hall–Kier alpha value is -3.13. The van der Waals surface area contributed by atoms with Gasteiger partial charge in [-0.25, -0.2) is 0 Å². The molecule has 2 heteroatoms. The average Bonchev–Trinajstić information content (AvgIpc) is 2.71. The molecular weight excluding hydrogens is 330 g/mol. The van der Waals surface area contributed by atoms with Crippen LogP contribution in [0, 0.1) is 0 Å². The van der Waals surface area contributed by atoms with Gasteiger partial charge in [-0.3, -0.25) is 4.79 Å². The molecule has 0 spiro atoms. The summed E-state index contributed by atoms with van der Waals surface area (Å²) in [5, 5.41) is 0. The highest BCUT2D eigenvalue weighted by Crippen LogP contribution is 2.16. The van der Waals surface area contributed by atoms with Crippen molar-refractivity contribution >= 4 is 5.91 Å². The van der Waals surface area contributed by atoms with Crippen LogP contribution in [0.15, 0.2) is 97.6 Å². The maximum Gasteiger partial charge on any atom is 0.227 e. The molecule has 3 aromatic carbocycles. The number of hydrogen-bond donors (Lipinski definition) is 0. The van der Waals surface area contributed by atoms with Gasteiger partial charge < -0.3 is 4.90 Å². The molecule has 1 amide bonds. The molecule has 0 aliphatic rings. The van der Waals surface area contributed by atoms with E-state index in [1.54, 1.807) is 0 Å². The molecule has 0 N–H and O–H groups in total. The minimum atomic E-state index is 0.138. The van der Waals surface area contributed by atoms with E-state index in [0.29, 0.717) is 19.5 Å². The number of nitrogens with zero attached hydrogens (tertiary/aromatic N) is 1. The van der Waals surface area contributed by atoms with Crippen LogP contribution in [0.25, 0.3) is 0 Å². The first-order valence-electron chi connectivity index (χ1n) is 9.29. The van der Waals surface area contributed by atoms with Crippen LogP contribution >= 0.6 is 0 Å². The molecule has 0 unspecified atom stereocenters. The van der Waals surface area contributed by atoms with Crippen LogP contribution in [-0.2, 0) is 30.7 Å². The van der Waals surface area contributed by atoms with Crippen molar-refractivity contribution in [2.75, 3.05) is 0 Å². The van der Waals surface area contributed by atoms with E-state index in [2.05, 4.69) is 36.9 Å². The fourth-order valence-electron chi connectivity index (χ4n) is 3.20. The second-order valence-corrected chi connectivity index (χ2v) is 6.66. The van der Waals surface area contributed by atoms with Gasteiger partial charge in [0.2, 0.25) is 5.91 Å². The molecule has 2 nitrogen and oxygen atoms in total. The molecule has 0 aliphatic carbocycles. The lowest BCUT2D eigenvalue weighted by Crippen LogP contribution is -2.31. The zero-order valence-corrected chi connectivity index (χ0v) is 15.6. The predicted molar refractivity (Wildman–Crippen MR) is 111 cm³/mol. The second kappa shape index (κ2) is 9.54. The summed E-state index contributed by atoms with van der Waals surface area (Å²) < 4.78 is 0. The van der Waals surface area contributed by atoms with Gasteiger partial charge in [-0.15, -0.1) is 6.58 Å². The first-order valence-corrected chi connectivity index (χ1v) is 9.29. The van der Waals surface area contributed by atoms with Crippen LogP contribution in [0.5, 0.6) is 0 Å². The lowest BCUT2D eigenvalue weighted by atomic mass is 10.0. The zero-order chi connectivity index (χ0) is 18.9. The van der Waals surface area contributed by atoms with Crippen molar-refractivity contribution in [1.82, 2.24) is 4.90 Å². The van der Waals surface area contributed by atoms with Crippen LogP contribution < -0.4 is 0 Å². The molecule has 0 aliphatic heterocycles. The fraction of sp³-hybridized carbons (Fsp3) is 0.160. The van der Waals surface area contributed by atoms with E-state index in [1.165, 1.54) is 5.56 Å². The summed E-state index contributed by atoms with van der Waals surface area (Å²) in [5.41, 5.74) is 4.52. The molecule has 27 heavy (non-hydrogen) atoms. The maximum atomic E-state index is 13.2. The van der Waals surface area contributed by atoms with E-state index in [0.717, 1.165) is 23.1 Å². The number of rotatable bonds is 8. The lowest BCUT2D eigenvalue weighted by molar-refractivity contribution is -0.131. The first kappa shape index (κ1) is 18.7. The van der Waals surface area contributed by atoms with E-state index < -0.39 is 0 Å². The minimum Gasteiger partial charge on any atom is -0.334 e. The third kappa shape index (κ3) is 5.42. The summed E-state index contributed by atoms with van der Waals surface area (Å²) in [6.07, 6.45) is 3.07. The van der Waals surface area contributed by atoms with Crippen molar-refractivity contribution in [2.24, 2.45) is 0 Å². The van der Waals surface area contributed by atoms with Gasteiger partial charge in [0.15, 0.2) is 0 Å². The Kier molecular flexibility index (Phi) is 6.59. The van der Waals surface area contributed by atoms with Gasteiger partial charge in [-0.2, -0.15) is 0 Å². The number of carbonyl (C=O) groups excluding carboxylic acids is 1. The quantitative estimate of drug-likeness (QED) is 0.509. The zero-order valence-electron chi connectivity index (χ0n) is 15.6. The highest BCUT2D eigenvalue weighted by atomic mass is 16.2. The SMILES string of the molecule is C=CCc1ccccc1CC(=O)N(Cc1ccccc1)Cc1ccccc1. The molecule has 0 saturated carbocycles. The summed E-state index contributed by atoms with van der Waals surface area (Å²) in [7, 11) is 0. The number of allylic oxidation sites excluding steroid dienone is 1. The molecule has 0 heterocycles. The first-order chi connectivity index (χ1) is 13.3. The van der Waals surface area contributed by atoms with Gasteiger partial charge in [0.05, 0.1) is 6.42 Å². The van der Waals surface area contributed by atoms with Gasteiger partial charge in [0, 0.05) is 13.1 Å². The maximum absolute atomic E-state index is 13.2. The van der Waals surface area contributed by atoms with Gasteiger partial charge in [-0.1, -0.05) is 91.0 Å². The summed E-state index contributed by atoms with van der Waals surface area (Å²) in [6.45, 7) is 5.05. The van der Waals surface area contributed by atoms with Crippen molar-refractivity contribution in [3.63, 3.8) is 0 Å². The van der Waals surface area contributed by atoms with Crippen molar-refractivity contribution in [3.8, 4) is 0 Å². The summed E-state index contributed by atoms with van der Waals surface area (Å²) in [5.74, 6) is 0.138. The number of carbonyl (C=O) groups is 1. The van der Waals surface area contributed by atoms with Gasteiger partial charge in [0.25, 0.3) is 0 Å². The van der Waals surface area contributed by atoms with Crippen molar-refractivity contribution < 1.29 is 4.79 Å². The van der Waals surface area contributed by atoms with Gasteiger partial charge in [0.1, 0.15) is 0 Å². The van der Waals surface area contributed by atoms with Gasteiger partial charge in [-0.05, 0) is 28.7 Å². The Bertz CT molecular complexity index is 830. The van der Waals surface area contributed by atoms with E-state index in [9.17, 15) is 4.79 Å². The minimum absolute atomic E-state index is 0.138. The Morgan fingerprint density at radius 3 is 1.74 bits per heavy atom. The van der Waals surface area contributed by atoms with Gasteiger partial charge >= 0.3 is 0 Å². The molecular formula is C25H25NO. The molecule has 0 atom stereocenters. The largest absolute Gasteiger partial charge is 0.334 e. The molecule has 3 aromatic rings. The Morgan fingerprint density at radius 2 is 1.22 bits per heavy atom. The smallest absolute Gasteiger partial charge is 0.227 e. The topological polar surface area (TPSA) is 20.3 Å². The molecule has 0 saturated heterocycles. The van der Waals surface area contributed by atoms with Crippen LogP contribution in [0.4, 0.5) is 0 Å². The molecule has 0 radical (unpaired) electrons. The van der Waals surface area contributed by atoms with Crippen LogP contribution in [0.3, 0.4) is 0 Å². The number of benzene rings is 3. The van der Waals surface area contributed by atoms with Crippen LogP contribution in [0.1, 0.15) is 22.3 Å². The normalized spacial score (nSPS) is 10.4. The van der Waals surface area contributed by atoms with E-state index in [-0.39, 0.29) is 5.91 Å². The molecule has 0 aromatic heterocycles. The van der Waals surface area contributed by atoms with Crippen LogP contribution in [-0.4, -0.2) is 10.8 Å². The average molecular weight is 355 g/mol. The molecule has 0 fully saturated rings. The summed E-state index contributed by atoms with van der Waals surface area (Å²) in [4.78, 5) is 15.1. The highest BCUT2D eigenvalue weighted by Gasteiger charge is 2.16. The predicted octanol–water partition coefficient (Wildman–Crippen LogP) is 5.19. The summed E-state index contributed by atoms with van der Waals surface area (Å²) in [6, 6.07) is 28.4. The standard InChI is InChI=1S/C25H25NO/c1-2-11-23-16-9-10-17-24(23)18-25(27)26(19-21-12-5-3-6-13-21)20-22-14-7-4-8-15-22/h2-10,12-17H,1,11,18-20H2. The monoisotopic (exact) mass is 355 g/mol. The molecule has 136 valence electrons. The second-order valence-electron chi connectivity index (χ2n) is 6.66.